The molecule has 2 amide bonds. The van der Waals surface area contributed by atoms with Crippen molar-refractivity contribution in [3.05, 3.63) is 59.2 Å². The highest BCUT2D eigenvalue weighted by molar-refractivity contribution is 7.89. The molecule has 0 atom stereocenters. The number of hydroxylamine groups is 1. The van der Waals surface area contributed by atoms with E-state index in [-0.39, 0.29) is 29.7 Å². The molecule has 35 heavy (non-hydrogen) atoms. The van der Waals surface area contributed by atoms with Gasteiger partial charge in [0.15, 0.2) is 0 Å². The third kappa shape index (κ3) is 6.57. The summed E-state index contributed by atoms with van der Waals surface area (Å²) in [5, 5.41) is 11.9. The van der Waals surface area contributed by atoms with Gasteiger partial charge in [-0.05, 0) is 58.1 Å². The fourth-order valence-electron chi connectivity index (χ4n) is 3.85. The maximum atomic E-state index is 13.5. The number of piperidine rings is 1. The van der Waals surface area contributed by atoms with E-state index in [1.54, 1.807) is 0 Å². The number of amides is 2. The molecule has 190 valence electrons. The molecule has 0 radical (unpaired) electrons. The van der Waals surface area contributed by atoms with Crippen LogP contribution in [0.1, 0.15) is 39.1 Å². The summed E-state index contributed by atoms with van der Waals surface area (Å²) in [4.78, 5) is 26.8. The van der Waals surface area contributed by atoms with Crippen molar-refractivity contribution in [3.8, 4) is 5.75 Å². The van der Waals surface area contributed by atoms with Crippen LogP contribution in [-0.4, -0.2) is 81.0 Å². The van der Waals surface area contributed by atoms with Gasteiger partial charge >= 0.3 is 0 Å². The Kier molecular flexibility index (Phi) is 8.84. The lowest BCUT2D eigenvalue weighted by molar-refractivity contribution is 0.0697. The van der Waals surface area contributed by atoms with Crippen LogP contribution in [0, 0.1) is 6.92 Å². The molecule has 2 aromatic carbocycles. The summed E-state index contributed by atoms with van der Waals surface area (Å²) >= 11 is 0. The van der Waals surface area contributed by atoms with Crippen LogP contribution in [0.4, 0.5) is 0 Å². The first-order chi connectivity index (χ1) is 16.6. The maximum absolute atomic E-state index is 13.5. The molecule has 0 aliphatic carbocycles. The summed E-state index contributed by atoms with van der Waals surface area (Å²) in [5.74, 6) is -0.945. The van der Waals surface area contributed by atoms with Gasteiger partial charge in [-0.3, -0.25) is 14.8 Å². The second kappa shape index (κ2) is 11.6. The molecule has 1 aliphatic rings. The molecule has 0 spiro atoms. The van der Waals surface area contributed by atoms with Gasteiger partial charge in [0.05, 0.1) is 16.0 Å². The average Bonchev–Trinajstić information content (AvgIpc) is 2.84. The van der Waals surface area contributed by atoms with Crippen LogP contribution >= 0.6 is 0 Å². The Labute approximate surface area is 205 Å². The molecule has 1 aliphatic heterocycles. The zero-order valence-electron chi connectivity index (χ0n) is 20.2. The topological polar surface area (TPSA) is 128 Å². The van der Waals surface area contributed by atoms with Crippen LogP contribution < -0.4 is 15.5 Å². The number of rotatable bonds is 9. The van der Waals surface area contributed by atoms with Gasteiger partial charge in [0, 0.05) is 26.2 Å². The number of ether oxygens (including phenoxy) is 1. The Balaban J connectivity index is 1.79. The van der Waals surface area contributed by atoms with E-state index in [0.717, 1.165) is 11.3 Å². The Morgan fingerprint density at radius 1 is 1.09 bits per heavy atom. The van der Waals surface area contributed by atoms with Crippen LogP contribution in [0.25, 0.3) is 0 Å². The lowest BCUT2D eigenvalue weighted by Crippen LogP contribution is -2.42. The SMILES string of the molecule is Cc1ccc(OC2CCN(S(=O)(=O)c3cccc(C(=O)NCCN(C)C)c3C(=O)NO)CC2)cc1. The Morgan fingerprint density at radius 3 is 2.34 bits per heavy atom. The number of hydrogen-bond acceptors (Lipinski definition) is 7. The fourth-order valence-corrected chi connectivity index (χ4v) is 5.53. The predicted octanol–water partition coefficient (Wildman–Crippen LogP) is 1.64. The average molecular weight is 505 g/mol. The number of carbonyl (C=O) groups excluding carboxylic acids is 2. The second-order valence-corrected chi connectivity index (χ2v) is 10.6. The number of sulfonamides is 1. The zero-order chi connectivity index (χ0) is 25.6. The van der Waals surface area contributed by atoms with Crippen molar-refractivity contribution >= 4 is 21.8 Å². The summed E-state index contributed by atoms with van der Waals surface area (Å²) in [6, 6.07) is 11.7. The predicted molar refractivity (Wildman–Crippen MR) is 130 cm³/mol. The van der Waals surface area contributed by atoms with Crippen LogP contribution in [0.2, 0.25) is 0 Å². The highest BCUT2D eigenvalue weighted by Crippen LogP contribution is 2.27. The molecule has 1 fully saturated rings. The summed E-state index contributed by atoms with van der Waals surface area (Å²) in [6.45, 7) is 3.24. The molecule has 11 heteroatoms. The van der Waals surface area contributed by atoms with Gasteiger partial charge < -0.3 is 15.0 Å². The highest BCUT2D eigenvalue weighted by Gasteiger charge is 2.34. The minimum Gasteiger partial charge on any atom is -0.490 e. The molecule has 0 bridgehead atoms. The molecule has 3 rings (SSSR count). The van der Waals surface area contributed by atoms with E-state index in [1.165, 1.54) is 28.0 Å². The number of nitrogens with one attached hydrogen (secondary N) is 2. The second-order valence-electron chi connectivity index (χ2n) is 8.71. The number of aryl methyl sites for hydroxylation is 1. The van der Waals surface area contributed by atoms with Crippen LogP contribution in [-0.2, 0) is 10.0 Å². The Bertz CT molecular complexity index is 1140. The first kappa shape index (κ1) is 26.6. The Morgan fingerprint density at radius 2 is 1.74 bits per heavy atom. The molecule has 10 nitrogen and oxygen atoms in total. The van der Waals surface area contributed by atoms with Crippen molar-refractivity contribution in [2.24, 2.45) is 0 Å². The van der Waals surface area contributed by atoms with Crippen molar-refractivity contribution in [1.29, 1.82) is 0 Å². The van der Waals surface area contributed by atoms with E-state index >= 15 is 0 Å². The third-order valence-corrected chi connectivity index (χ3v) is 7.73. The highest BCUT2D eigenvalue weighted by atomic mass is 32.2. The minimum absolute atomic E-state index is 0.131. The maximum Gasteiger partial charge on any atom is 0.276 e. The minimum atomic E-state index is -4.12. The van der Waals surface area contributed by atoms with Crippen molar-refractivity contribution < 1.29 is 28.0 Å². The van der Waals surface area contributed by atoms with Gasteiger partial charge in [-0.2, -0.15) is 4.31 Å². The smallest absolute Gasteiger partial charge is 0.276 e. The number of likely N-dealkylation sites (N-methyl/N-ethyl adjacent to an activating group) is 1. The monoisotopic (exact) mass is 504 g/mol. The van der Waals surface area contributed by atoms with Crippen molar-refractivity contribution in [1.82, 2.24) is 20.0 Å². The van der Waals surface area contributed by atoms with Gasteiger partial charge in [-0.1, -0.05) is 23.8 Å². The normalized spacial score (nSPS) is 15.1. The van der Waals surface area contributed by atoms with Crippen LogP contribution in [0.15, 0.2) is 47.4 Å². The summed E-state index contributed by atoms with van der Waals surface area (Å²) in [7, 11) is -0.430. The molecule has 0 unspecified atom stereocenters. The van der Waals surface area contributed by atoms with Gasteiger partial charge in [-0.15, -0.1) is 0 Å². The molecule has 3 N–H and O–H groups in total. The van der Waals surface area contributed by atoms with E-state index in [4.69, 9.17) is 4.74 Å². The van der Waals surface area contributed by atoms with Crippen molar-refractivity contribution in [3.63, 3.8) is 0 Å². The number of carbonyl (C=O) groups is 2. The lowest BCUT2D eigenvalue weighted by atomic mass is 10.1. The van der Waals surface area contributed by atoms with Gasteiger partial charge in [0.1, 0.15) is 11.9 Å². The van der Waals surface area contributed by atoms with Crippen molar-refractivity contribution in [2.75, 3.05) is 40.3 Å². The quantitative estimate of drug-likeness (QED) is 0.350. The molecule has 0 saturated carbocycles. The van der Waals surface area contributed by atoms with Gasteiger partial charge in [0.25, 0.3) is 11.8 Å². The van der Waals surface area contributed by atoms with E-state index < -0.39 is 27.4 Å². The number of hydrogen-bond donors (Lipinski definition) is 3. The van der Waals surface area contributed by atoms with E-state index in [0.29, 0.717) is 25.9 Å². The third-order valence-electron chi connectivity index (χ3n) is 5.79. The Hall–Kier alpha value is -2.99. The first-order valence-electron chi connectivity index (χ1n) is 11.4. The van der Waals surface area contributed by atoms with Gasteiger partial charge in [-0.25, -0.2) is 13.9 Å². The summed E-state index contributed by atoms with van der Waals surface area (Å²) < 4.78 is 34.3. The molecule has 1 heterocycles. The van der Waals surface area contributed by atoms with Crippen LogP contribution in [0.3, 0.4) is 0 Å². The first-order valence-corrected chi connectivity index (χ1v) is 12.8. The standard InChI is InChI=1S/C24H32N4O6S/c1-17-7-9-18(10-8-17)34-19-11-14-28(15-12-19)35(32,33)21-6-4-5-20(22(21)24(30)26-31)23(29)25-13-16-27(2)3/h4-10,19,31H,11-16H2,1-3H3,(H,25,29)(H,26,30). The molecule has 0 aromatic heterocycles. The number of nitrogens with zero attached hydrogens (tertiary/aromatic N) is 2. The van der Waals surface area contributed by atoms with E-state index in [1.807, 2.05) is 50.2 Å². The lowest BCUT2D eigenvalue weighted by Gasteiger charge is -2.32. The number of benzene rings is 2. The molecule has 1 saturated heterocycles. The largest absolute Gasteiger partial charge is 0.490 e. The molecule has 2 aromatic rings. The van der Waals surface area contributed by atoms with E-state index in [2.05, 4.69) is 5.32 Å². The summed E-state index contributed by atoms with van der Waals surface area (Å²) in [6.07, 6.45) is 0.803. The van der Waals surface area contributed by atoms with Crippen LogP contribution in [0.5, 0.6) is 5.75 Å². The zero-order valence-corrected chi connectivity index (χ0v) is 21.0. The molecular weight excluding hydrogens is 472 g/mol. The van der Waals surface area contributed by atoms with E-state index in [9.17, 15) is 23.2 Å². The molecular formula is C24H32N4O6S. The van der Waals surface area contributed by atoms with Crippen molar-refractivity contribution in [2.45, 2.75) is 30.8 Å². The fraction of sp³-hybridized carbons (Fsp3) is 0.417. The van der Waals surface area contributed by atoms with Gasteiger partial charge in [0.2, 0.25) is 10.0 Å². The summed E-state index contributed by atoms with van der Waals surface area (Å²) in [5.41, 5.74) is 2.07.